The molecule has 216 valence electrons. The topological polar surface area (TPSA) is 133 Å². The number of fused-ring (bicyclic) bond motifs is 1. The predicted octanol–water partition coefficient (Wildman–Crippen LogP) is 5.46. The van der Waals surface area contributed by atoms with Gasteiger partial charge in [0, 0.05) is 30.5 Å². The molecule has 0 amide bonds. The lowest BCUT2D eigenvalue weighted by atomic mass is 9.86. The molecule has 3 aromatic heterocycles. The van der Waals surface area contributed by atoms with E-state index in [0.29, 0.717) is 30.5 Å². The average Bonchev–Trinajstić information content (AvgIpc) is 3.52. The predicted molar refractivity (Wildman–Crippen MR) is 160 cm³/mol. The summed E-state index contributed by atoms with van der Waals surface area (Å²) >= 11 is 1.58. The summed E-state index contributed by atoms with van der Waals surface area (Å²) in [7, 11) is 0. The molecule has 40 heavy (non-hydrogen) atoms. The van der Waals surface area contributed by atoms with Crippen molar-refractivity contribution >= 4 is 39.1 Å². The Morgan fingerprint density at radius 1 is 1.07 bits per heavy atom. The smallest absolute Gasteiger partial charge is 0.225 e. The number of Topliss-reactive ketones (excluding diaryl/α,β-unsaturated/α-hetero) is 1. The number of aryl methyl sites for hydroxylation is 1. The third-order valence-corrected chi connectivity index (χ3v) is 8.47. The number of aliphatic hydroxyl groups is 2. The van der Waals surface area contributed by atoms with Crippen molar-refractivity contribution < 1.29 is 15.0 Å². The summed E-state index contributed by atoms with van der Waals surface area (Å²) in [6.45, 7) is 14.2. The van der Waals surface area contributed by atoms with E-state index in [9.17, 15) is 15.0 Å². The summed E-state index contributed by atoms with van der Waals surface area (Å²) in [4.78, 5) is 32.0. The molecule has 0 unspecified atom stereocenters. The minimum atomic E-state index is -1.03. The van der Waals surface area contributed by atoms with Gasteiger partial charge < -0.3 is 20.8 Å². The Morgan fingerprint density at radius 2 is 1.80 bits per heavy atom. The summed E-state index contributed by atoms with van der Waals surface area (Å²) in [6, 6.07) is 1.52. The number of carbonyl (C=O) groups is 1. The number of anilines is 2. The van der Waals surface area contributed by atoms with Crippen LogP contribution in [-0.4, -0.2) is 59.7 Å². The van der Waals surface area contributed by atoms with Crippen molar-refractivity contribution in [3.05, 3.63) is 23.7 Å². The van der Waals surface area contributed by atoms with Gasteiger partial charge in [-0.1, -0.05) is 20.8 Å². The fourth-order valence-corrected chi connectivity index (χ4v) is 6.63. The molecule has 0 bridgehead atoms. The molecule has 2 aliphatic carbocycles. The molecular weight excluding hydrogens is 524 g/mol. The van der Waals surface area contributed by atoms with Crippen molar-refractivity contribution in [3.8, 4) is 10.6 Å². The summed E-state index contributed by atoms with van der Waals surface area (Å²) in [5, 5.41) is 29.5. The SMILES string of the molecule is Cc1nc(NC(C)(C)C)nc(N[C@@H]2C[C@H](CC(=O)CC(C)(C)C)[C@@H](O)[C@H]2O)c1-c1nc2c(C3CC3)nccc2s1. The lowest BCUT2D eigenvalue weighted by Crippen LogP contribution is -2.36. The van der Waals surface area contributed by atoms with Crippen molar-refractivity contribution in [2.45, 2.75) is 110 Å². The van der Waals surface area contributed by atoms with Crippen molar-refractivity contribution in [2.24, 2.45) is 11.3 Å². The van der Waals surface area contributed by atoms with Crippen LogP contribution in [0.4, 0.5) is 11.8 Å². The highest BCUT2D eigenvalue weighted by atomic mass is 32.1. The number of hydrogen-bond donors (Lipinski definition) is 4. The van der Waals surface area contributed by atoms with E-state index in [1.54, 1.807) is 11.3 Å². The van der Waals surface area contributed by atoms with Gasteiger partial charge in [0.2, 0.25) is 5.95 Å². The number of nitrogens with zero attached hydrogens (tertiary/aromatic N) is 4. The first kappa shape index (κ1) is 28.8. The third-order valence-electron chi connectivity index (χ3n) is 7.43. The maximum atomic E-state index is 12.7. The van der Waals surface area contributed by atoms with Crippen LogP contribution in [0.15, 0.2) is 12.3 Å². The molecular formula is C30H42N6O3S. The van der Waals surface area contributed by atoms with E-state index >= 15 is 0 Å². The van der Waals surface area contributed by atoms with Crippen molar-refractivity contribution in [1.29, 1.82) is 0 Å². The summed E-state index contributed by atoms with van der Waals surface area (Å²) in [5.74, 6) is 1.28. The number of aromatic nitrogens is 4. The van der Waals surface area contributed by atoms with E-state index in [1.165, 1.54) is 0 Å². The molecule has 0 aromatic carbocycles. The first-order chi connectivity index (χ1) is 18.7. The Bertz CT molecular complexity index is 1400. The maximum absolute atomic E-state index is 12.7. The molecule has 2 saturated carbocycles. The Balaban J connectivity index is 1.48. The normalized spacial score (nSPS) is 23.5. The van der Waals surface area contributed by atoms with E-state index in [2.05, 4.69) is 15.6 Å². The van der Waals surface area contributed by atoms with Gasteiger partial charge >= 0.3 is 0 Å². The van der Waals surface area contributed by atoms with Crippen LogP contribution in [-0.2, 0) is 4.79 Å². The molecule has 0 radical (unpaired) electrons. The summed E-state index contributed by atoms with van der Waals surface area (Å²) < 4.78 is 1.07. The molecule has 9 nitrogen and oxygen atoms in total. The molecule has 0 aliphatic heterocycles. The van der Waals surface area contributed by atoms with Crippen LogP contribution in [0.2, 0.25) is 0 Å². The number of carbonyl (C=O) groups excluding carboxylic acids is 1. The third kappa shape index (κ3) is 6.44. The Kier molecular flexibility index (Phi) is 7.65. The second kappa shape index (κ2) is 10.6. The largest absolute Gasteiger partial charge is 0.390 e. The molecule has 4 N–H and O–H groups in total. The minimum Gasteiger partial charge on any atom is -0.390 e. The first-order valence-electron chi connectivity index (χ1n) is 14.3. The first-order valence-corrected chi connectivity index (χ1v) is 15.1. The Morgan fingerprint density at radius 3 is 2.45 bits per heavy atom. The van der Waals surface area contributed by atoms with E-state index in [1.807, 2.05) is 60.7 Å². The number of pyridine rings is 1. The van der Waals surface area contributed by atoms with Crippen LogP contribution < -0.4 is 10.6 Å². The Labute approximate surface area is 240 Å². The lowest BCUT2D eigenvalue weighted by Gasteiger charge is -2.24. The lowest BCUT2D eigenvalue weighted by molar-refractivity contribution is -0.122. The number of hydrogen-bond acceptors (Lipinski definition) is 10. The monoisotopic (exact) mass is 566 g/mol. The molecule has 3 heterocycles. The van der Waals surface area contributed by atoms with Gasteiger partial charge in [0.05, 0.1) is 33.8 Å². The molecule has 2 fully saturated rings. The van der Waals surface area contributed by atoms with Crippen LogP contribution in [0.3, 0.4) is 0 Å². The van der Waals surface area contributed by atoms with E-state index in [4.69, 9.17) is 15.0 Å². The van der Waals surface area contributed by atoms with Gasteiger partial charge in [0.25, 0.3) is 0 Å². The van der Waals surface area contributed by atoms with Crippen LogP contribution in [0, 0.1) is 18.3 Å². The highest BCUT2D eigenvalue weighted by Gasteiger charge is 2.43. The molecule has 2 aliphatic rings. The van der Waals surface area contributed by atoms with Crippen LogP contribution in [0.5, 0.6) is 0 Å². The number of rotatable bonds is 8. The zero-order chi connectivity index (χ0) is 29.0. The number of ketones is 1. The van der Waals surface area contributed by atoms with E-state index < -0.39 is 18.2 Å². The molecule has 10 heteroatoms. The quantitative estimate of drug-likeness (QED) is 0.280. The van der Waals surface area contributed by atoms with Gasteiger partial charge in [-0.25, -0.2) is 9.97 Å². The van der Waals surface area contributed by atoms with Crippen LogP contribution in [0.1, 0.15) is 91.0 Å². The van der Waals surface area contributed by atoms with Crippen molar-refractivity contribution in [2.75, 3.05) is 10.6 Å². The van der Waals surface area contributed by atoms with Gasteiger partial charge in [-0.05, 0) is 64.4 Å². The number of aliphatic hydroxyl groups excluding tert-OH is 2. The molecule has 5 rings (SSSR count). The second-order valence-corrected chi connectivity index (χ2v) is 14.8. The zero-order valence-electron chi connectivity index (χ0n) is 24.6. The number of thiazole rings is 1. The van der Waals surface area contributed by atoms with Crippen LogP contribution in [0.25, 0.3) is 20.8 Å². The van der Waals surface area contributed by atoms with Gasteiger partial charge in [-0.15, -0.1) is 11.3 Å². The van der Waals surface area contributed by atoms with Crippen LogP contribution >= 0.6 is 11.3 Å². The highest BCUT2D eigenvalue weighted by molar-refractivity contribution is 7.21. The standard InChI is InChI=1S/C30H42N6O3S/c1-15-21(27-34-23-20(40-27)10-11-31-22(23)16-8-9-16)26(35-28(32-15)36-30(5,6)7)33-19-13-17(24(38)25(19)39)12-18(37)14-29(2,3)4/h10-11,16-17,19,24-25,38-39H,8-9,12-14H2,1-7H3,(H2,32,33,35,36)/t17-,19+,24+,25-/m0/s1. The molecule has 0 saturated heterocycles. The summed E-state index contributed by atoms with van der Waals surface area (Å²) in [6.07, 6.45) is 3.26. The summed E-state index contributed by atoms with van der Waals surface area (Å²) in [5.41, 5.74) is 3.14. The minimum absolute atomic E-state index is 0.106. The van der Waals surface area contributed by atoms with Gasteiger partial charge in [0.1, 0.15) is 28.2 Å². The second-order valence-electron chi connectivity index (χ2n) is 13.8. The van der Waals surface area contributed by atoms with Crippen molar-refractivity contribution in [3.63, 3.8) is 0 Å². The van der Waals surface area contributed by atoms with Gasteiger partial charge in [0.15, 0.2) is 0 Å². The average molecular weight is 567 g/mol. The highest BCUT2D eigenvalue weighted by Crippen LogP contribution is 2.45. The van der Waals surface area contributed by atoms with E-state index in [0.717, 1.165) is 45.0 Å². The number of nitrogens with one attached hydrogen (secondary N) is 2. The molecule has 4 atom stereocenters. The van der Waals surface area contributed by atoms with E-state index in [-0.39, 0.29) is 29.1 Å². The molecule has 0 spiro atoms. The van der Waals surface area contributed by atoms with Gasteiger partial charge in [-0.2, -0.15) is 4.98 Å². The van der Waals surface area contributed by atoms with Crippen molar-refractivity contribution in [1.82, 2.24) is 19.9 Å². The Hall–Kier alpha value is -2.69. The fraction of sp³-hybridized carbons (Fsp3) is 0.633. The fourth-order valence-electron chi connectivity index (χ4n) is 5.56. The zero-order valence-corrected chi connectivity index (χ0v) is 25.4. The maximum Gasteiger partial charge on any atom is 0.225 e. The molecule has 3 aromatic rings. The van der Waals surface area contributed by atoms with Gasteiger partial charge in [-0.3, -0.25) is 9.78 Å².